The van der Waals surface area contributed by atoms with Gasteiger partial charge < -0.3 is 9.64 Å². The predicted molar refractivity (Wildman–Crippen MR) is 146 cm³/mol. The third-order valence-electron chi connectivity index (χ3n) is 6.09. The molecule has 0 atom stereocenters. The molecule has 5 nitrogen and oxygen atoms in total. The highest BCUT2D eigenvalue weighted by Crippen LogP contribution is 2.33. The first-order chi connectivity index (χ1) is 18.5. The minimum absolute atomic E-state index is 0.222. The van der Waals surface area contributed by atoms with Crippen molar-refractivity contribution in [1.29, 1.82) is 0 Å². The van der Waals surface area contributed by atoms with E-state index in [9.17, 15) is 9.18 Å². The Kier molecular flexibility index (Phi) is 7.52. The van der Waals surface area contributed by atoms with Crippen molar-refractivity contribution in [3.05, 3.63) is 142 Å². The van der Waals surface area contributed by atoms with Crippen LogP contribution in [0.15, 0.2) is 109 Å². The summed E-state index contributed by atoms with van der Waals surface area (Å²) in [6, 6.07) is 32.1. The number of benzene rings is 4. The summed E-state index contributed by atoms with van der Waals surface area (Å²) in [6.45, 7) is 2.46. The summed E-state index contributed by atoms with van der Waals surface area (Å²) in [5.41, 5.74) is 3.56. The molecule has 0 saturated heterocycles. The first-order valence-corrected chi connectivity index (χ1v) is 12.5. The summed E-state index contributed by atoms with van der Waals surface area (Å²) in [7, 11) is 0. The number of rotatable bonds is 8. The first kappa shape index (κ1) is 25.2. The van der Waals surface area contributed by atoms with E-state index >= 15 is 0 Å². The van der Waals surface area contributed by atoms with Crippen LogP contribution in [0.25, 0.3) is 5.69 Å². The van der Waals surface area contributed by atoms with Crippen LogP contribution in [0.2, 0.25) is 5.02 Å². The minimum atomic E-state index is -0.395. The van der Waals surface area contributed by atoms with Gasteiger partial charge in [0.25, 0.3) is 5.91 Å². The average Bonchev–Trinajstić information content (AvgIpc) is 3.24. The molecule has 7 heteroatoms. The van der Waals surface area contributed by atoms with Crippen LogP contribution in [0.5, 0.6) is 11.6 Å². The summed E-state index contributed by atoms with van der Waals surface area (Å²) in [5, 5.41) is 5.34. The van der Waals surface area contributed by atoms with Gasteiger partial charge in [0.2, 0.25) is 5.88 Å². The lowest BCUT2D eigenvalue weighted by molar-refractivity contribution is 0.0729. The molecular weight excluding hydrogens is 501 g/mol. The molecule has 0 saturated carbocycles. The van der Waals surface area contributed by atoms with Crippen molar-refractivity contribution in [2.75, 3.05) is 0 Å². The fraction of sp³-hybridized carbons (Fsp3) is 0.0968. The zero-order chi connectivity index (χ0) is 26.5. The second-order valence-corrected chi connectivity index (χ2v) is 9.27. The molecule has 38 heavy (non-hydrogen) atoms. The van der Waals surface area contributed by atoms with Gasteiger partial charge in [0, 0.05) is 17.1 Å². The molecule has 190 valence electrons. The number of aromatic nitrogens is 2. The number of halogens is 2. The Morgan fingerprint density at radius 2 is 1.58 bits per heavy atom. The average molecular weight is 526 g/mol. The molecule has 1 heterocycles. The molecule has 4 aromatic carbocycles. The third-order valence-corrected chi connectivity index (χ3v) is 6.33. The van der Waals surface area contributed by atoms with E-state index in [1.807, 2.05) is 79.7 Å². The highest BCUT2D eigenvalue weighted by atomic mass is 35.5. The zero-order valence-corrected chi connectivity index (χ0v) is 21.5. The molecule has 0 unspecified atom stereocenters. The molecule has 0 radical (unpaired) electrons. The number of nitrogens with zero attached hydrogens (tertiary/aromatic N) is 3. The van der Waals surface area contributed by atoms with Gasteiger partial charge in [-0.05, 0) is 67.1 Å². The molecule has 0 aliphatic carbocycles. The van der Waals surface area contributed by atoms with Gasteiger partial charge in [-0.2, -0.15) is 5.10 Å². The summed E-state index contributed by atoms with van der Waals surface area (Å²) in [5.74, 6) is 0.500. The monoisotopic (exact) mass is 525 g/mol. The molecule has 0 fully saturated rings. The van der Waals surface area contributed by atoms with Crippen LogP contribution in [0.3, 0.4) is 0 Å². The van der Waals surface area contributed by atoms with Crippen LogP contribution in [-0.4, -0.2) is 20.6 Å². The lowest BCUT2D eigenvalue weighted by Crippen LogP contribution is -2.30. The molecule has 5 aromatic rings. The lowest BCUT2D eigenvalue weighted by Gasteiger charge is -2.24. The maximum absolute atomic E-state index is 13.7. The third kappa shape index (κ3) is 5.76. The van der Waals surface area contributed by atoms with Crippen molar-refractivity contribution in [2.24, 2.45) is 0 Å². The van der Waals surface area contributed by atoms with Gasteiger partial charge in [0.05, 0.1) is 23.5 Å². The van der Waals surface area contributed by atoms with Crippen molar-refractivity contribution < 1.29 is 13.9 Å². The molecule has 0 aliphatic rings. The van der Waals surface area contributed by atoms with E-state index in [2.05, 4.69) is 0 Å². The molecule has 0 N–H and O–H groups in total. The minimum Gasteiger partial charge on any atom is -0.439 e. The molecule has 1 amide bonds. The SMILES string of the molecule is Cc1nn(-c2cccc(Cl)c2)c(Oc2ccccc2)c1CN(Cc1ccccc1)C(=O)c1ccc(F)cc1. The van der Waals surface area contributed by atoms with E-state index in [4.69, 9.17) is 21.4 Å². The first-order valence-electron chi connectivity index (χ1n) is 12.1. The molecule has 0 bridgehead atoms. The maximum atomic E-state index is 13.7. The summed E-state index contributed by atoms with van der Waals surface area (Å²) >= 11 is 6.29. The van der Waals surface area contributed by atoms with Crippen LogP contribution in [0.1, 0.15) is 27.2 Å². The molecule has 5 rings (SSSR count). The van der Waals surface area contributed by atoms with E-state index in [-0.39, 0.29) is 12.5 Å². The van der Waals surface area contributed by atoms with E-state index in [0.29, 0.717) is 34.5 Å². The molecule has 0 aliphatic heterocycles. The Bertz CT molecular complexity index is 1540. The smallest absolute Gasteiger partial charge is 0.254 e. The highest BCUT2D eigenvalue weighted by Gasteiger charge is 2.25. The summed E-state index contributed by atoms with van der Waals surface area (Å²) in [6.07, 6.45) is 0. The normalized spacial score (nSPS) is 10.8. The lowest BCUT2D eigenvalue weighted by atomic mass is 10.1. The quantitative estimate of drug-likeness (QED) is 0.209. The maximum Gasteiger partial charge on any atom is 0.254 e. The Balaban J connectivity index is 1.58. The van der Waals surface area contributed by atoms with E-state index < -0.39 is 5.82 Å². The summed E-state index contributed by atoms with van der Waals surface area (Å²) in [4.78, 5) is 15.4. The number of ether oxygens (including phenoxy) is 1. The predicted octanol–water partition coefficient (Wildman–Crippen LogP) is 7.61. The van der Waals surface area contributed by atoms with Crippen molar-refractivity contribution in [3.8, 4) is 17.3 Å². The Hall–Kier alpha value is -4.42. The molecular formula is C31H25ClFN3O2. The second kappa shape index (κ2) is 11.3. The van der Waals surface area contributed by atoms with Gasteiger partial charge in [-0.15, -0.1) is 0 Å². The number of aryl methyl sites for hydroxylation is 1. The number of hydrogen-bond donors (Lipinski definition) is 0. The number of carbonyl (C=O) groups is 1. The number of carbonyl (C=O) groups excluding carboxylic acids is 1. The van der Waals surface area contributed by atoms with Gasteiger partial charge in [0.15, 0.2) is 0 Å². The number of amides is 1. The molecule has 1 aromatic heterocycles. The van der Waals surface area contributed by atoms with Crippen molar-refractivity contribution in [2.45, 2.75) is 20.0 Å². The van der Waals surface area contributed by atoms with Crippen LogP contribution in [0, 0.1) is 12.7 Å². The Morgan fingerprint density at radius 1 is 0.895 bits per heavy atom. The fourth-order valence-corrected chi connectivity index (χ4v) is 4.36. The van der Waals surface area contributed by atoms with Gasteiger partial charge in [-0.1, -0.05) is 66.2 Å². The Labute approximate surface area is 225 Å². The largest absolute Gasteiger partial charge is 0.439 e. The van der Waals surface area contributed by atoms with Gasteiger partial charge >= 0.3 is 0 Å². The van der Waals surface area contributed by atoms with E-state index in [0.717, 1.165) is 16.8 Å². The van der Waals surface area contributed by atoms with Crippen molar-refractivity contribution in [1.82, 2.24) is 14.7 Å². The van der Waals surface area contributed by atoms with Crippen LogP contribution in [0.4, 0.5) is 4.39 Å². The van der Waals surface area contributed by atoms with Crippen molar-refractivity contribution in [3.63, 3.8) is 0 Å². The summed E-state index contributed by atoms with van der Waals surface area (Å²) < 4.78 is 21.7. The Morgan fingerprint density at radius 3 is 2.26 bits per heavy atom. The second-order valence-electron chi connectivity index (χ2n) is 8.83. The van der Waals surface area contributed by atoms with Gasteiger partial charge in [-0.25, -0.2) is 9.07 Å². The van der Waals surface area contributed by atoms with Crippen LogP contribution >= 0.6 is 11.6 Å². The van der Waals surface area contributed by atoms with Crippen LogP contribution in [-0.2, 0) is 13.1 Å². The topological polar surface area (TPSA) is 47.4 Å². The highest BCUT2D eigenvalue weighted by molar-refractivity contribution is 6.30. The fourth-order valence-electron chi connectivity index (χ4n) is 4.18. The van der Waals surface area contributed by atoms with Gasteiger partial charge in [0.1, 0.15) is 11.6 Å². The zero-order valence-electron chi connectivity index (χ0n) is 20.7. The standard InChI is InChI=1S/C31H25ClFN3O2/c1-22-29(21-35(20-23-9-4-2-5-10-23)30(37)24-15-17-26(33)18-16-24)31(38-28-13-6-3-7-14-28)36(34-22)27-12-8-11-25(32)19-27/h2-19H,20-21H2,1H3. The molecule has 0 spiro atoms. The van der Waals surface area contributed by atoms with E-state index in [1.165, 1.54) is 24.3 Å². The number of hydrogen-bond acceptors (Lipinski definition) is 3. The van der Waals surface area contributed by atoms with Crippen molar-refractivity contribution >= 4 is 17.5 Å². The van der Waals surface area contributed by atoms with Crippen LogP contribution < -0.4 is 4.74 Å². The van der Waals surface area contributed by atoms with E-state index in [1.54, 1.807) is 21.7 Å². The number of para-hydroxylation sites is 1. The van der Waals surface area contributed by atoms with Gasteiger partial charge in [-0.3, -0.25) is 4.79 Å².